The minimum atomic E-state index is 0.102. The van der Waals surface area contributed by atoms with Crippen molar-refractivity contribution < 1.29 is 9.53 Å². The molecule has 3 aromatic rings. The fourth-order valence-electron chi connectivity index (χ4n) is 4.32. The predicted octanol–water partition coefficient (Wildman–Crippen LogP) is 5.60. The van der Waals surface area contributed by atoms with Gasteiger partial charge in [-0.05, 0) is 54.6 Å². The van der Waals surface area contributed by atoms with Crippen molar-refractivity contribution in [1.29, 1.82) is 0 Å². The number of fused-ring (bicyclic) bond motifs is 3. The molecule has 0 saturated carbocycles. The number of methoxy groups -OCH3 is 1. The van der Waals surface area contributed by atoms with E-state index in [4.69, 9.17) is 4.74 Å². The Hall–Kier alpha value is -2.41. The van der Waals surface area contributed by atoms with Gasteiger partial charge < -0.3 is 4.74 Å². The number of carbonyl (C=O) groups excluding carboxylic acids is 1. The van der Waals surface area contributed by atoms with Crippen LogP contribution < -0.4 is 9.64 Å². The largest absolute Gasteiger partial charge is 0.496 e. The summed E-state index contributed by atoms with van der Waals surface area (Å²) in [5, 5.41) is 0. The first-order valence-electron chi connectivity index (χ1n) is 10.3. The summed E-state index contributed by atoms with van der Waals surface area (Å²) in [6.45, 7) is 1.97. The minimum absolute atomic E-state index is 0.102. The number of hydrogen-bond donors (Lipinski definition) is 0. The molecular weight excluding hydrogens is 424 g/mol. The molecule has 6 heteroatoms. The number of ether oxygens (including phenoxy) is 1. The number of benzene rings is 3. The van der Waals surface area contributed by atoms with E-state index in [9.17, 15) is 4.79 Å². The maximum atomic E-state index is 13.7. The topological polar surface area (TPSA) is 32.8 Å². The van der Waals surface area contributed by atoms with E-state index in [1.165, 1.54) is 11.1 Å². The second-order valence-electron chi connectivity index (χ2n) is 7.69. The van der Waals surface area contributed by atoms with Crippen LogP contribution in [-0.4, -0.2) is 37.3 Å². The Morgan fingerprint density at radius 1 is 1.06 bits per heavy atom. The number of amides is 1. The van der Waals surface area contributed by atoms with E-state index in [1.807, 2.05) is 35.2 Å². The van der Waals surface area contributed by atoms with Gasteiger partial charge in [0, 0.05) is 33.3 Å². The molecule has 1 amide bonds. The molecule has 4 nitrogen and oxygen atoms in total. The number of carbonyl (C=O) groups is 1. The van der Waals surface area contributed by atoms with Crippen LogP contribution in [0.15, 0.2) is 75.4 Å². The van der Waals surface area contributed by atoms with E-state index in [-0.39, 0.29) is 5.91 Å². The quantitative estimate of drug-likeness (QED) is 0.485. The number of anilines is 2. The zero-order valence-electron chi connectivity index (χ0n) is 17.6. The zero-order chi connectivity index (χ0) is 21.4. The van der Waals surface area contributed by atoms with Crippen molar-refractivity contribution in [2.45, 2.75) is 27.7 Å². The molecule has 2 aliphatic heterocycles. The van der Waals surface area contributed by atoms with E-state index >= 15 is 0 Å². The van der Waals surface area contributed by atoms with Crippen molar-refractivity contribution in [3.63, 3.8) is 0 Å². The summed E-state index contributed by atoms with van der Waals surface area (Å²) in [7, 11) is 1.71. The van der Waals surface area contributed by atoms with Gasteiger partial charge in [-0.2, -0.15) is 0 Å². The van der Waals surface area contributed by atoms with Crippen molar-refractivity contribution in [3.05, 3.63) is 71.8 Å². The van der Waals surface area contributed by atoms with Crippen LogP contribution in [0, 0.1) is 0 Å². The highest BCUT2D eigenvalue weighted by Gasteiger charge is 2.30. The smallest absolute Gasteiger partial charge is 0.245 e. The highest BCUT2D eigenvalue weighted by atomic mass is 32.2. The summed E-state index contributed by atoms with van der Waals surface area (Å²) < 4.78 is 5.57. The summed E-state index contributed by atoms with van der Waals surface area (Å²) in [5.41, 5.74) is 4.47. The Labute approximate surface area is 191 Å². The molecule has 2 heterocycles. The lowest BCUT2D eigenvalue weighted by Gasteiger charge is -2.34. The fourth-order valence-corrected chi connectivity index (χ4v) is 5.80. The van der Waals surface area contributed by atoms with Gasteiger partial charge in [0.25, 0.3) is 0 Å². The summed E-state index contributed by atoms with van der Waals surface area (Å²) in [6, 6.07) is 20.8. The van der Waals surface area contributed by atoms with E-state index in [1.54, 1.807) is 30.6 Å². The first-order chi connectivity index (χ1) is 15.2. The molecule has 5 rings (SSSR count). The van der Waals surface area contributed by atoms with Crippen molar-refractivity contribution in [1.82, 2.24) is 4.90 Å². The maximum Gasteiger partial charge on any atom is 0.245 e. The van der Waals surface area contributed by atoms with E-state index in [0.29, 0.717) is 6.54 Å². The minimum Gasteiger partial charge on any atom is -0.496 e. The van der Waals surface area contributed by atoms with Crippen LogP contribution in [0.1, 0.15) is 11.1 Å². The molecule has 31 heavy (non-hydrogen) atoms. The normalized spacial score (nSPS) is 15.1. The Morgan fingerprint density at radius 3 is 2.74 bits per heavy atom. The lowest BCUT2D eigenvalue weighted by Crippen LogP contribution is -2.41. The molecule has 3 aromatic carbocycles. The number of para-hydroxylation sites is 1. The Kier molecular flexibility index (Phi) is 5.69. The van der Waals surface area contributed by atoms with Crippen molar-refractivity contribution in [3.8, 4) is 5.75 Å². The highest BCUT2D eigenvalue weighted by Crippen LogP contribution is 2.49. The van der Waals surface area contributed by atoms with Crippen molar-refractivity contribution in [2.24, 2.45) is 0 Å². The van der Waals surface area contributed by atoms with Crippen molar-refractivity contribution >= 4 is 40.8 Å². The third-order valence-electron chi connectivity index (χ3n) is 5.87. The molecule has 0 saturated heterocycles. The van der Waals surface area contributed by atoms with Crippen LogP contribution in [0.5, 0.6) is 5.75 Å². The number of rotatable bonds is 4. The molecule has 0 fully saturated rings. The number of hydrogen-bond acceptors (Lipinski definition) is 5. The van der Waals surface area contributed by atoms with Gasteiger partial charge in [-0.15, -0.1) is 11.8 Å². The van der Waals surface area contributed by atoms with Gasteiger partial charge in [0.2, 0.25) is 5.91 Å². The fraction of sp³-hybridized carbons (Fsp3) is 0.240. The van der Waals surface area contributed by atoms with E-state index in [2.05, 4.69) is 41.5 Å². The Balaban J connectivity index is 1.46. The number of nitrogens with zero attached hydrogens (tertiary/aromatic N) is 2. The average Bonchev–Trinajstić information content (AvgIpc) is 2.81. The SMILES string of the molecule is COc1cccc2c1CN(CC(=O)N1c3ccccc3Sc3ccc(SC)cc31)CC2. The lowest BCUT2D eigenvalue weighted by molar-refractivity contribution is -0.119. The van der Waals surface area contributed by atoms with Gasteiger partial charge in [0.1, 0.15) is 5.75 Å². The molecule has 0 bridgehead atoms. The molecule has 0 aliphatic carbocycles. The third-order valence-corrected chi connectivity index (χ3v) is 7.73. The van der Waals surface area contributed by atoms with Crippen molar-refractivity contribution in [2.75, 3.05) is 31.4 Å². The van der Waals surface area contributed by atoms with Gasteiger partial charge in [-0.3, -0.25) is 14.6 Å². The van der Waals surface area contributed by atoms with Crippen LogP contribution >= 0.6 is 23.5 Å². The van der Waals surface area contributed by atoms with Crippen LogP contribution in [0.2, 0.25) is 0 Å². The molecule has 2 aliphatic rings. The van der Waals surface area contributed by atoms with Gasteiger partial charge in [-0.25, -0.2) is 0 Å². The first-order valence-corrected chi connectivity index (χ1v) is 12.4. The lowest BCUT2D eigenvalue weighted by atomic mass is 9.99. The van der Waals surface area contributed by atoms with Gasteiger partial charge in [0.15, 0.2) is 0 Å². The van der Waals surface area contributed by atoms with Gasteiger partial charge in [0.05, 0.1) is 25.0 Å². The zero-order valence-corrected chi connectivity index (χ0v) is 19.3. The van der Waals surface area contributed by atoms with Crippen LogP contribution in [0.3, 0.4) is 0 Å². The van der Waals surface area contributed by atoms with E-state index < -0.39 is 0 Å². The monoisotopic (exact) mass is 448 g/mol. The average molecular weight is 449 g/mol. The summed E-state index contributed by atoms with van der Waals surface area (Å²) in [6.07, 6.45) is 3.00. The highest BCUT2D eigenvalue weighted by molar-refractivity contribution is 8.00. The Bertz CT molecular complexity index is 1130. The van der Waals surface area contributed by atoms with Crippen LogP contribution in [0.4, 0.5) is 11.4 Å². The molecule has 0 N–H and O–H groups in total. The molecule has 0 atom stereocenters. The molecule has 0 radical (unpaired) electrons. The molecular formula is C25H24N2O2S2. The molecule has 0 aromatic heterocycles. The summed E-state index contributed by atoms with van der Waals surface area (Å²) in [5.74, 6) is 1.01. The van der Waals surface area contributed by atoms with Crippen LogP contribution in [0.25, 0.3) is 0 Å². The molecule has 0 spiro atoms. The third kappa shape index (κ3) is 3.84. The maximum absolute atomic E-state index is 13.7. The molecule has 158 valence electrons. The van der Waals surface area contributed by atoms with Crippen LogP contribution in [-0.2, 0) is 17.8 Å². The standard InChI is InChI=1S/C25H24N2O2S2/c1-29-22-8-5-6-17-12-13-26(15-19(17)22)16-25(28)27-20-7-3-4-9-23(20)31-24-11-10-18(30-2)14-21(24)27/h3-11,14H,12-13,15-16H2,1-2H3. The second-order valence-corrected chi connectivity index (χ2v) is 9.65. The van der Waals surface area contributed by atoms with Gasteiger partial charge >= 0.3 is 0 Å². The number of thioether (sulfide) groups is 1. The second kappa shape index (κ2) is 8.61. The molecule has 0 unspecified atom stereocenters. The first kappa shape index (κ1) is 20.5. The summed E-state index contributed by atoms with van der Waals surface area (Å²) >= 11 is 3.43. The Morgan fingerprint density at radius 2 is 1.90 bits per heavy atom. The van der Waals surface area contributed by atoms with Gasteiger partial charge in [-0.1, -0.05) is 36.0 Å². The summed E-state index contributed by atoms with van der Waals surface area (Å²) in [4.78, 5) is 21.2. The van der Waals surface area contributed by atoms with E-state index in [0.717, 1.165) is 51.3 Å². The predicted molar refractivity (Wildman–Crippen MR) is 128 cm³/mol.